The number of aryl methyl sites for hydroxylation is 1. The molecule has 0 atom stereocenters. The van der Waals surface area contributed by atoms with E-state index in [4.69, 9.17) is 5.73 Å². The lowest BCUT2D eigenvalue weighted by atomic mass is 10.3. The Hall–Kier alpha value is -1.95. The van der Waals surface area contributed by atoms with Crippen molar-refractivity contribution < 1.29 is 4.79 Å². The third kappa shape index (κ3) is 3.08. The first-order valence-corrected chi connectivity index (χ1v) is 6.92. The van der Waals surface area contributed by atoms with Crippen LogP contribution in [0.2, 0.25) is 0 Å². The Kier molecular flexibility index (Phi) is 4.11. The van der Waals surface area contributed by atoms with Gasteiger partial charge in [0.1, 0.15) is 0 Å². The van der Waals surface area contributed by atoms with E-state index in [1.54, 1.807) is 25.0 Å². The number of aromatic nitrogens is 2. The number of thioether (sulfide) groups is 1. The normalized spacial score (nSPS) is 10.4. The lowest BCUT2D eigenvalue weighted by molar-refractivity contribution is 0.102. The molecule has 0 aliphatic heterocycles. The van der Waals surface area contributed by atoms with Crippen molar-refractivity contribution in [1.29, 1.82) is 0 Å². The van der Waals surface area contributed by atoms with Gasteiger partial charge in [-0.1, -0.05) is 19.1 Å². The van der Waals surface area contributed by atoms with Gasteiger partial charge in [-0.2, -0.15) is 5.10 Å². The van der Waals surface area contributed by atoms with E-state index in [0.717, 1.165) is 16.3 Å². The molecule has 3 N–H and O–H groups in total. The number of anilines is 2. The third-order valence-electron chi connectivity index (χ3n) is 2.51. The van der Waals surface area contributed by atoms with Gasteiger partial charge in [-0.15, -0.1) is 11.8 Å². The minimum atomic E-state index is -0.290. The highest BCUT2D eigenvalue weighted by molar-refractivity contribution is 7.99. The molecule has 0 saturated carbocycles. The highest BCUT2D eigenvalue weighted by Crippen LogP contribution is 2.27. The summed E-state index contributed by atoms with van der Waals surface area (Å²) in [6.45, 7) is 2.07. The molecular formula is C13H16N4OS. The third-order valence-corrected chi connectivity index (χ3v) is 3.46. The Morgan fingerprint density at radius 1 is 1.47 bits per heavy atom. The Balaban J connectivity index is 2.21. The molecule has 0 radical (unpaired) electrons. The molecule has 0 aliphatic carbocycles. The number of nitrogen functional groups attached to an aromatic ring is 1. The van der Waals surface area contributed by atoms with Crippen molar-refractivity contribution in [1.82, 2.24) is 9.78 Å². The molecule has 0 bridgehead atoms. The lowest BCUT2D eigenvalue weighted by Crippen LogP contribution is -2.15. The summed E-state index contributed by atoms with van der Waals surface area (Å²) in [5.41, 5.74) is 7.15. The van der Waals surface area contributed by atoms with Crippen LogP contribution >= 0.6 is 11.8 Å². The van der Waals surface area contributed by atoms with E-state index in [1.807, 2.05) is 24.3 Å². The number of rotatable bonds is 4. The molecule has 2 aromatic rings. The first-order chi connectivity index (χ1) is 9.11. The maximum Gasteiger partial charge on any atom is 0.278 e. The van der Waals surface area contributed by atoms with Gasteiger partial charge in [0.25, 0.3) is 5.91 Å². The van der Waals surface area contributed by atoms with E-state index in [0.29, 0.717) is 5.69 Å². The fraction of sp³-hybridized carbons (Fsp3) is 0.231. The second-order valence-corrected chi connectivity index (χ2v) is 5.30. The maximum atomic E-state index is 12.1. The minimum Gasteiger partial charge on any atom is -0.396 e. The van der Waals surface area contributed by atoms with Crippen LogP contribution in [0.1, 0.15) is 17.4 Å². The maximum absolute atomic E-state index is 12.1. The van der Waals surface area contributed by atoms with Crippen LogP contribution in [0, 0.1) is 0 Å². The van der Waals surface area contributed by atoms with Crippen LogP contribution < -0.4 is 11.1 Å². The van der Waals surface area contributed by atoms with Crippen molar-refractivity contribution in [2.24, 2.45) is 7.05 Å². The van der Waals surface area contributed by atoms with E-state index in [-0.39, 0.29) is 11.6 Å². The summed E-state index contributed by atoms with van der Waals surface area (Å²) in [5.74, 6) is 0.653. The highest BCUT2D eigenvalue weighted by atomic mass is 32.2. The van der Waals surface area contributed by atoms with Crippen LogP contribution in [0.15, 0.2) is 35.4 Å². The molecule has 2 rings (SSSR count). The summed E-state index contributed by atoms with van der Waals surface area (Å²) in [6, 6.07) is 7.68. The number of amides is 1. The van der Waals surface area contributed by atoms with Gasteiger partial charge in [0.05, 0.1) is 11.4 Å². The van der Waals surface area contributed by atoms with Crippen molar-refractivity contribution >= 4 is 29.0 Å². The quantitative estimate of drug-likeness (QED) is 0.841. The molecular weight excluding hydrogens is 260 g/mol. The Bertz CT molecular complexity index is 594. The van der Waals surface area contributed by atoms with Gasteiger partial charge in [-0.05, 0) is 17.9 Å². The summed E-state index contributed by atoms with van der Waals surface area (Å²) in [4.78, 5) is 13.2. The first kappa shape index (κ1) is 13.5. The van der Waals surface area contributed by atoms with Gasteiger partial charge in [-0.3, -0.25) is 9.48 Å². The molecule has 0 spiro atoms. The molecule has 19 heavy (non-hydrogen) atoms. The molecule has 0 aliphatic rings. The summed E-state index contributed by atoms with van der Waals surface area (Å²) in [6.07, 6.45) is 1.61. The topological polar surface area (TPSA) is 72.9 Å². The average molecular weight is 276 g/mol. The van der Waals surface area contributed by atoms with E-state index in [9.17, 15) is 4.79 Å². The van der Waals surface area contributed by atoms with Crippen LogP contribution in [0.25, 0.3) is 0 Å². The number of nitrogens with two attached hydrogens (primary N) is 1. The molecule has 0 saturated heterocycles. The fourth-order valence-corrected chi connectivity index (χ4v) is 2.48. The summed E-state index contributed by atoms with van der Waals surface area (Å²) >= 11 is 1.68. The van der Waals surface area contributed by atoms with E-state index in [2.05, 4.69) is 17.3 Å². The van der Waals surface area contributed by atoms with Crippen LogP contribution in [0.4, 0.5) is 11.4 Å². The number of carbonyl (C=O) groups excluding carboxylic acids is 1. The number of nitrogens with one attached hydrogen (secondary N) is 1. The zero-order chi connectivity index (χ0) is 13.8. The largest absolute Gasteiger partial charge is 0.396 e. The fourth-order valence-electron chi connectivity index (χ4n) is 1.72. The second-order valence-electron chi connectivity index (χ2n) is 3.99. The van der Waals surface area contributed by atoms with Crippen LogP contribution in [-0.4, -0.2) is 21.4 Å². The molecule has 1 aromatic heterocycles. The Morgan fingerprint density at radius 3 is 2.84 bits per heavy atom. The standard InChI is InChI=1S/C13H16N4OS/c1-3-19-11-7-5-4-6-10(11)15-13(18)12-9(14)8-17(2)16-12/h4-8H,3,14H2,1-2H3,(H,15,18). The predicted octanol–water partition coefficient (Wildman–Crippen LogP) is 2.37. The molecule has 0 fully saturated rings. The average Bonchev–Trinajstić information content (AvgIpc) is 2.71. The Labute approximate surface area is 116 Å². The van der Waals surface area contributed by atoms with Crippen LogP contribution in [0.5, 0.6) is 0 Å². The van der Waals surface area contributed by atoms with Gasteiger partial charge in [0.2, 0.25) is 0 Å². The molecule has 1 heterocycles. The first-order valence-electron chi connectivity index (χ1n) is 5.94. The SMILES string of the molecule is CCSc1ccccc1NC(=O)c1nn(C)cc1N. The Morgan fingerprint density at radius 2 is 2.21 bits per heavy atom. The minimum absolute atomic E-state index is 0.249. The van der Waals surface area contributed by atoms with Crippen molar-refractivity contribution in [3.05, 3.63) is 36.2 Å². The zero-order valence-corrected chi connectivity index (χ0v) is 11.7. The van der Waals surface area contributed by atoms with Crippen LogP contribution in [-0.2, 0) is 7.05 Å². The van der Waals surface area contributed by atoms with Gasteiger partial charge in [-0.25, -0.2) is 0 Å². The van der Waals surface area contributed by atoms with Gasteiger partial charge in [0.15, 0.2) is 5.69 Å². The lowest BCUT2D eigenvalue weighted by Gasteiger charge is -2.09. The second kappa shape index (κ2) is 5.79. The molecule has 6 heteroatoms. The monoisotopic (exact) mass is 276 g/mol. The summed E-state index contributed by atoms with van der Waals surface area (Å²) in [7, 11) is 1.73. The highest BCUT2D eigenvalue weighted by Gasteiger charge is 2.15. The van der Waals surface area contributed by atoms with Crippen molar-refractivity contribution in [3.8, 4) is 0 Å². The predicted molar refractivity (Wildman–Crippen MR) is 78.4 cm³/mol. The number of hydrogen-bond donors (Lipinski definition) is 2. The van der Waals surface area contributed by atoms with E-state index < -0.39 is 0 Å². The van der Waals surface area contributed by atoms with E-state index in [1.165, 1.54) is 4.68 Å². The zero-order valence-electron chi connectivity index (χ0n) is 10.9. The molecule has 100 valence electrons. The van der Waals surface area contributed by atoms with Crippen LogP contribution in [0.3, 0.4) is 0 Å². The molecule has 5 nitrogen and oxygen atoms in total. The number of carbonyl (C=O) groups is 1. The number of nitrogens with zero attached hydrogens (tertiary/aromatic N) is 2. The number of hydrogen-bond acceptors (Lipinski definition) is 4. The summed E-state index contributed by atoms with van der Waals surface area (Å²) < 4.78 is 1.52. The van der Waals surface area contributed by atoms with Gasteiger partial charge >= 0.3 is 0 Å². The van der Waals surface area contributed by atoms with Crippen molar-refractivity contribution in [2.45, 2.75) is 11.8 Å². The number of para-hydroxylation sites is 1. The van der Waals surface area contributed by atoms with Gasteiger partial charge in [0, 0.05) is 18.1 Å². The smallest absolute Gasteiger partial charge is 0.278 e. The number of benzene rings is 1. The van der Waals surface area contributed by atoms with E-state index >= 15 is 0 Å². The van der Waals surface area contributed by atoms with Crippen molar-refractivity contribution in [2.75, 3.05) is 16.8 Å². The molecule has 1 aromatic carbocycles. The molecule has 1 amide bonds. The van der Waals surface area contributed by atoms with Crippen molar-refractivity contribution in [3.63, 3.8) is 0 Å². The van der Waals surface area contributed by atoms with Gasteiger partial charge < -0.3 is 11.1 Å². The summed E-state index contributed by atoms with van der Waals surface area (Å²) in [5, 5.41) is 6.90. The molecule has 0 unspecified atom stereocenters.